The van der Waals surface area contributed by atoms with E-state index in [0.29, 0.717) is 36.5 Å². The Hall–Kier alpha value is -3.27. The molecule has 0 bridgehead atoms. The average molecular weight is 538 g/mol. The predicted octanol–water partition coefficient (Wildman–Crippen LogP) is 4.56. The highest BCUT2D eigenvalue weighted by Gasteiger charge is 2.25. The lowest BCUT2D eigenvalue weighted by Crippen LogP contribution is -2.35. The van der Waals surface area contributed by atoms with Crippen molar-refractivity contribution >= 4 is 23.6 Å². The monoisotopic (exact) mass is 537 g/mol. The number of ether oxygens (including phenoxy) is 2. The van der Waals surface area contributed by atoms with Gasteiger partial charge in [-0.15, -0.1) is 0 Å². The standard InChI is InChI=1S/C28H32ClN5O4/c1-19(28(35)36)13-23-15-31-26(34(23)16-24-9-12-37-24)17-33-10-7-20(8-11-33)25-3-2-4-27(32-25)38-18-22-6-5-21(29)14-30-22/h2-6,13-15,20,24H,7-12,16-18H2,1H3,(H,35,36)/b19-13+. The molecule has 2 fully saturated rings. The summed E-state index contributed by atoms with van der Waals surface area (Å²) in [5.74, 6) is 0.973. The highest BCUT2D eigenvalue weighted by Crippen LogP contribution is 2.29. The number of hydrogen-bond donors (Lipinski definition) is 1. The summed E-state index contributed by atoms with van der Waals surface area (Å²) in [4.78, 5) is 27.5. The van der Waals surface area contributed by atoms with Crippen LogP contribution in [0.5, 0.6) is 5.88 Å². The van der Waals surface area contributed by atoms with Crippen molar-refractivity contribution in [3.8, 4) is 5.88 Å². The van der Waals surface area contributed by atoms with Crippen LogP contribution >= 0.6 is 11.6 Å². The summed E-state index contributed by atoms with van der Waals surface area (Å²) in [6, 6.07) is 9.58. The molecule has 0 aliphatic carbocycles. The first-order chi connectivity index (χ1) is 18.4. The van der Waals surface area contributed by atoms with E-state index >= 15 is 0 Å². The Morgan fingerprint density at radius 2 is 2.00 bits per heavy atom. The number of pyridine rings is 2. The number of piperidine rings is 1. The predicted molar refractivity (Wildman–Crippen MR) is 143 cm³/mol. The first kappa shape index (κ1) is 26.3. The zero-order chi connectivity index (χ0) is 26.5. The van der Waals surface area contributed by atoms with Gasteiger partial charge in [0.2, 0.25) is 5.88 Å². The van der Waals surface area contributed by atoms with Crippen molar-refractivity contribution in [2.75, 3.05) is 19.7 Å². The van der Waals surface area contributed by atoms with Gasteiger partial charge in [-0.2, -0.15) is 0 Å². The van der Waals surface area contributed by atoms with Gasteiger partial charge in [0.1, 0.15) is 12.4 Å². The van der Waals surface area contributed by atoms with E-state index < -0.39 is 5.97 Å². The Morgan fingerprint density at radius 1 is 1.18 bits per heavy atom. The Morgan fingerprint density at radius 3 is 2.68 bits per heavy atom. The molecule has 1 N–H and O–H groups in total. The molecule has 5 rings (SSSR count). The topological polar surface area (TPSA) is 103 Å². The lowest BCUT2D eigenvalue weighted by Gasteiger charge is -2.32. The zero-order valence-corrected chi connectivity index (χ0v) is 22.2. The third kappa shape index (κ3) is 6.59. The number of rotatable bonds is 10. The molecule has 10 heteroatoms. The van der Waals surface area contributed by atoms with Gasteiger partial charge in [0.25, 0.3) is 0 Å². The third-order valence-corrected chi connectivity index (χ3v) is 7.35. The van der Waals surface area contributed by atoms with Crippen molar-refractivity contribution in [2.24, 2.45) is 0 Å². The number of aliphatic carboxylic acids is 1. The lowest BCUT2D eigenvalue weighted by atomic mass is 9.93. The van der Waals surface area contributed by atoms with Crippen LogP contribution in [0.15, 0.2) is 48.3 Å². The summed E-state index contributed by atoms with van der Waals surface area (Å²) in [6.07, 6.45) is 8.21. The van der Waals surface area contributed by atoms with Gasteiger partial charge in [-0.05, 0) is 63.6 Å². The number of imidazole rings is 1. The van der Waals surface area contributed by atoms with E-state index in [-0.39, 0.29) is 11.7 Å². The fourth-order valence-corrected chi connectivity index (χ4v) is 4.87. The second kappa shape index (κ2) is 12.1. The molecule has 0 aromatic carbocycles. The fraction of sp³-hybridized carbons (Fsp3) is 0.429. The van der Waals surface area contributed by atoms with Gasteiger partial charge < -0.3 is 19.1 Å². The number of nitrogens with zero attached hydrogens (tertiary/aromatic N) is 5. The van der Waals surface area contributed by atoms with E-state index in [4.69, 9.17) is 26.1 Å². The average Bonchev–Trinajstić information content (AvgIpc) is 3.26. The van der Waals surface area contributed by atoms with Crippen molar-refractivity contribution in [2.45, 2.75) is 57.9 Å². The molecule has 2 aliphatic heterocycles. The maximum Gasteiger partial charge on any atom is 0.331 e. The van der Waals surface area contributed by atoms with Gasteiger partial charge in [0.15, 0.2) is 0 Å². The Bertz CT molecular complexity index is 1280. The second-order valence-electron chi connectivity index (χ2n) is 9.83. The first-order valence-corrected chi connectivity index (χ1v) is 13.3. The van der Waals surface area contributed by atoms with Crippen LogP contribution in [0.1, 0.15) is 55.0 Å². The van der Waals surface area contributed by atoms with Gasteiger partial charge in [-0.3, -0.25) is 9.88 Å². The Balaban J connectivity index is 1.19. The van der Waals surface area contributed by atoms with Gasteiger partial charge in [-0.25, -0.2) is 14.8 Å². The number of hydrogen-bond acceptors (Lipinski definition) is 7. The molecule has 1 unspecified atom stereocenters. The number of carboxylic acids is 1. The maximum absolute atomic E-state index is 11.4. The Labute approximate surface area is 227 Å². The summed E-state index contributed by atoms with van der Waals surface area (Å²) in [7, 11) is 0. The van der Waals surface area contributed by atoms with Gasteiger partial charge in [-0.1, -0.05) is 17.7 Å². The van der Waals surface area contributed by atoms with Crippen LogP contribution in [-0.2, 0) is 29.2 Å². The molecule has 3 aromatic heterocycles. The summed E-state index contributed by atoms with van der Waals surface area (Å²) < 4.78 is 13.6. The molecule has 0 amide bonds. The summed E-state index contributed by atoms with van der Waals surface area (Å²) in [5, 5.41) is 9.92. The quantitative estimate of drug-likeness (QED) is 0.375. The van der Waals surface area contributed by atoms with E-state index in [1.165, 1.54) is 0 Å². The second-order valence-corrected chi connectivity index (χ2v) is 10.3. The van der Waals surface area contributed by atoms with Crippen LogP contribution in [0, 0.1) is 0 Å². The Kier molecular flexibility index (Phi) is 8.36. The molecule has 0 radical (unpaired) electrons. The molecule has 1 atom stereocenters. The third-order valence-electron chi connectivity index (χ3n) is 7.12. The summed E-state index contributed by atoms with van der Waals surface area (Å²) >= 11 is 5.91. The van der Waals surface area contributed by atoms with Gasteiger partial charge in [0, 0.05) is 36.1 Å². The van der Waals surface area contributed by atoms with Crippen molar-refractivity contribution in [3.05, 3.63) is 76.2 Å². The molecule has 0 saturated carbocycles. The molecule has 38 heavy (non-hydrogen) atoms. The number of aromatic nitrogens is 4. The molecule has 200 valence electrons. The van der Waals surface area contributed by atoms with Crippen LogP contribution < -0.4 is 4.74 Å². The van der Waals surface area contributed by atoms with Crippen LogP contribution in [0.2, 0.25) is 5.02 Å². The minimum atomic E-state index is -0.925. The van der Waals surface area contributed by atoms with Gasteiger partial charge >= 0.3 is 5.97 Å². The van der Waals surface area contributed by atoms with Crippen LogP contribution in [0.4, 0.5) is 0 Å². The van der Waals surface area contributed by atoms with Crippen molar-refractivity contribution < 1.29 is 19.4 Å². The van der Waals surface area contributed by atoms with E-state index in [1.807, 2.05) is 18.2 Å². The molecular formula is C28H32ClN5O4. The number of carbonyl (C=O) groups is 1. The summed E-state index contributed by atoms with van der Waals surface area (Å²) in [6.45, 7) is 5.98. The SMILES string of the molecule is C/C(=C\c1cnc(CN2CCC(c3cccc(OCc4ccc(Cl)cn4)n3)CC2)n1CC1CCO1)C(=O)O. The molecule has 3 aromatic rings. The van der Waals surface area contributed by atoms with E-state index in [9.17, 15) is 9.90 Å². The number of carboxylic acid groups (broad SMARTS) is 1. The normalized spacial score (nSPS) is 18.8. The van der Waals surface area contributed by atoms with Crippen molar-refractivity contribution in [3.63, 3.8) is 0 Å². The van der Waals surface area contributed by atoms with Crippen molar-refractivity contribution in [1.82, 2.24) is 24.4 Å². The summed E-state index contributed by atoms with van der Waals surface area (Å²) in [5.41, 5.74) is 2.94. The van der Waals surface area contributed by atoms with E-state index in [0.717, 1.165) is 61.9 Å². The largest absolute Gasteiger partial charge is 0.478 e. The lowest BCUT2D eigenvalue weighted by molar-refractivity contribution is -0.132. The molecule has 9 nitrogen and oxygen atoms in total. The molecule has 5 heterocycles. The minimum Gasteiger partial charge on any atom is -0.478 e. The van der Waals surface area contributed by atoms with Crippen LogP contribution in [0.25, 0.3) is 6.08 Å². The highest BCUT2D eigenvalue weighted by atomic mass is 35.5. The number of halogens is 1. The van der Waals surface area contributed by atoms with Crippen LogP contribution in [-0.4, -0.2) is 61.3 Å². The maximum atomic E-state index is 11.4. The van der Waals surface area contributed by atoms with Gasteiger partial charge in [0.05, 0.1) is 41.8 Å². The smallest absolute Gasteiger partial charge is 0.331 e. The first-order valence-electron chi connectivity index (χ1n) is 12.9. The molecule has 2 aliphatic rings. The molecule has 2 saturated heterocycles. The number of likely N-dealkylation sites (tertiary alicyclic amines) is 1. The molecule has 0 spiro atoms. The zero-order valence-electron chi connectivity index (χ0n) is 21.4. The minimum absolute atomic E-state index is 0.155. The molecular weight excluding hydrogens is 506 g/mol. The van der Waals surface area contributed by atoms with Crippen molar-refractivity contribution in [1.29, 1.82) is 0 Å². The fourth-order valence-electron chi connectivity index (χ4n) is 4.76. The van der Waals surface area contributed by atoms with Crippen LogP contribution in [0.3, 0.4) is 0 Å². The highest BCUT2D eigenvalue weighted by molar-refractivity contribution is 6.30. The van der Waals surface area contributed by atoms with E-state index in [1.54, 1.807) is 31.5 Å². The van der Waals surface area contributed by atoms with E-state index in [2.05, 4.69) is 25.5 Å².